The normalized spacial score (nSPS) is 13.2. The largest absolute Gasteiger partial charge is 0.472 e. The van der Waals surface area contributed by atoms with Gasteiger partial charge in [-0.15, -0.1) is 0 Å². The summed E-state index contributed by atoms with van der Waals surface area (Å²) in [5.41, 5.74) is 0. The third kappa shape index (κ3) is 75.1. The third-order valence-corrected chi connectivity index (χ3v) is 18.9. The first kappa shape index (κ1) is 87.2. The van der Waals surface area contributed by atoms with E-state index in [1.54, 1.807) is 0 Å². The summed E-state index contributed by atoms with van der Waals surface area (Å²) < 4.78 is 34.8. The molecule has 0 rings (SSSR count). The highest BCUT2D eigenvalue weighted by atomic mass is 31.2. The Bertz CT molecular complexity index is 1590. The first-order chi connectivity index (χ1) is 43.5. The van der Waals surface area contributed by atoms with Crippen LogP contribution in [-0.2, 0) is 32.7 Å². The minimum Gasteiger partial charge on any atom is -0.462 e. The number of carbonyl (C=O) groups is 2. The van der Waals surface area contributed by atoms with E-state index in [0.717, 1.165) is 51.4 Å². The summed E-state index contributed by atoms with van der Waals surface area (Å²) in [6.07, 6.45) is 91.5. The molecule has 1 N–H and O–H groups in total. The Morgan fingerprint density at radius 2 is 0.607 bits per heavy atom. The van der Waals surface area contributed by atoms with Crippen LogP contribution in [0.3, 0.4) is 0 Å². The number of phosphoric acid groups is 1. The molecule has 89 heavy (non-hydrogen) atoms. The summed E-state index contributed by atoms with van der Waals surface area (Å²) in [6.45, 7) is 4.51. The summed E-state index contributed by atoms with van der Waals surface area (Å²) in [4.78, 5) is 35.9. The molecule has 0 bridgehead atoms. The quantitative estimate of drug-likeness (QED) is 0.0211. The predicted octanol–water partition coefficient (Wildman–Crippen LogP) is 25.8. The maximum Gasteiger partial charge on any atom is 0.472 e. The van der Waals surface area contributed by atoms with Crippen molar-refractivity contribution in [3.63, 3.8) is 0 Å². The van der Waals surface area contributed by atoms with Crippen molar-refractivity contribution in [1.29, 1.82) is 0 Å². The number of hydrogen-bond acceptors (Lipinski definition) is 7. The van der Waals surface area contributed by atoms with Crippen LogP contribution >= 0.6 is 7.82 Å². The van der Waals surface area contributed by atoms with Crippen molar-refractivity contribution >= 4 is 19.8 Å². The van der Waals surface area contributed by atoms with E-state index in [1.165, 1.54) is 327 Å². The van der Waals surface area contributed by atoms with Crippen molar-refractivity contribution in [3.8, 4) is 0 Å². The maximum absolute atomic E-state index is 12.9. The van der Waals surface area contributed by atoms with Gasteiger partial charge in [0.2, 0.25) is 0 Å². The molecule has 0 amide bonds. The molecule has 0 aromatic rings. The van der Waals surface area contributed by atoms with Gasteiger partial charge in [-0.1, -0.05) is 378 Å². The van der Waals surface area contributed by atoms with Crippen molar-refractivity contribution in [2.75, 3.05) is 47.5 Å². The Morgan fingerprint density at radius 1 is 0.348 bits per heavy atom. The molecule has 0 aromatic carbocycles. The van der Waals surface area contributed by atoms with Crippen molar-refractivity contribution in [2.24, 2.45) is 0 Å². The molecule has 0 aliphatic heterocycles. The van der Waals surface area contributed by atoms with Gasteiger partial charge < -0.3 is 18.9 Å². The number of hydrogen-bond donors (Lipinski definition) is 1. The molecule has 0 saturated heterocycles. The van der Waals surface area contributed by atoms with E-state index < -0.39 is 26.5 Å². The second kappa shape index (κ2) is 70.5. The molecule has 2 atom stereocenters. The summed E-state index contributed by atoms with van der Waals surface area (Å²) in [6, 6.07) is 0. The molecule has 9 nitrogen and oxygen atoms in total. The lowest BCUT2D eigenvalue weighted by atomic mass is 10.0. The molecule has 0 spiro atoms. The number of likely N-dealkylation sites (N-methyl/N-ethyl adjacent to an activating group) is 1. The van der Waals surface area contributed by atoms with E-state index >= 15 is 0 Å². The molecule has 526 valence electrons. The monoisotopic (exact) mass is 1280 g/mol. The van der Waals surface area contributed by atoms with E-state index in [2.05, 4.69) is 50.3 Å². The average molecular weight is 1280 g/mol. The van der Waals surface area contributed by atoms with Crippen molar-refractivity contribution in [1.82, 2.24) is 0 Å². The number of esters is 2. The summed E-state index contributed by atoms with van der Waals surface area (Å²) >= 11 is 0. The van der Waals surface area contributed by atoms with Crippen LogP contribution in [0.15, 0.2) is 36.5 Å². The van der Waals surface area contributed by atoms with Crippen LogP contribution in [-0.4, -0.2) is 74.9 Å². The van der Waals surface area contributed by atoms with Crippen LogP contribution < -0.4 is 0 Å². The van der Waals surface area contributed by atoms with Gasteiger partial charge in [-0.25, -0.2) is 4.57 Å². The number of quaternary nitrogens is 1. The van der Waals surface area contributed by atoms with Gasteiger partial charge in [0, 0.05) is 12.8 Å². The van der Waals surface area contributed by atoms with E-state index in [1.807, 2.05) is 21.1 Å². The standard InChI is InChI=1S/C79H152NO8P/c1-6-8-10-12-14-16-18-20-22-24-26-28-30-32-33-34-35-36-37-38-39-40-41-42-43-44-45-46-47-48-50-52-54-56-58-60-62-64-66-68-70-72-79(82)88-77(76-87-89(83,84)86-74-73-80(3,4)5)75-85-78(81)71-69-67-65-63-61-59-57-55-53-51-49-31-29-27-25-23-21-19-17-15-13-11-9-7-2/h18,20,24,26,30,32,77H,6-17,19,21-23,25,27-29,31,33-76H2,1-5H3/p+1/b20-18-,26-24-,32-30-. The molecule has 0 radical (unpaired) electrons. The minimum absolute atomic E-state index is 0.0360. The number of ether oxygens (including phenoxy) is 2. The number of carbonyl (C=O) groups excluding carboxylic acids is 2. The van der Waals surface area contributed by atoms with Crippen LogP contribution in [0.25, 0.3) is 0 Å². The van der Waals surface area contributed by atoms with Gasteiger partial charge in [-0.05, 0) is 51.4 Å². The highest BCUT2D eigenvalue weighted by Crippen LogP contribution is 2.43. The molecule has 0 fully saturated rings. The van der Waals surface area contributed by atoms with E-state index in [0.29, 0.717) is 17.4 Å². The lowest BCUT2D eigenvalue weighted by molar-refractivity contribution is -0.870. The lowest BCUT2D eigenvalue weighted by Crippen LogP contribution is -2.37. The molecule has 0 aromatic heterocycles. The first-order valence-electron chi connectivity index (χ1n) is 39.2. The first-order valence-corrected chi connectivity index (χ1v) is 40.7. The van der Waals surface area contributed by atoms with E-state index in [9.17, 15) is 19.0 Å². The summed E-state index contributed by atoms with van der Waals surface area (Å²) in [7, 11) is 1.50. The van der Waals surface area contributed by atoms with Gasteiger partial charge in [-0.3, -0.25) is 18.6 Å². The molecular formula is C79H153NO8P+. The smallest absolute Gasteiger partial charge is 0.462 e. The van der Waals surface area contributed by atoms with Crippen LogP contribution in [0, 0.1) is 0 Å². The van der Waals surface area contributed by atoms with E-state index in [4.69, 9.17) is 18.5 Å². The molecule has 2 unspecified atom stereocenters. The zero-order valence-electron chi connectivity index (χ0n) is 60.2. The Labute approximate surface area is 554 Å². The van der Waals surface area contributed by atoms with Gasteiger partial charge in [0.25, 0.3) is 0 Å². The molecule has 0 heterocycles. The Hall–Kier alpha value is -1.77. The van der Waals surface area contributed by atoms with Crippen molar-refractivity contribution in [3.05, 3.63) is 36.5 Å². The molecule has 0 aliphatic rings. The second-order valence-corrected chi connectivity index (χ2v) is 29.6. The molecule has 10 heteroatoms. The fourth-order valence-corrected chi connectivity index (χ4v) is 12.7. The van der Waals surface area contributed by atoms with Gasteiger partial charge in [0.05, 0.1) is 27.7 Å². The highest BCUT2D eigenvalue weighted by molar-refractivity contribution is 7.47. The van der Waals surface area contributed by atoms with E-state index in [-0.39, 0.29) is 25.6 Å². The molecule has 0 aliphatic carbocycles. The minimum atomic E-state index is -4.39. The zero-order chi connectivity index (χ0) is 64.8. The van der Waals surface area contributed by atoms with Crippen molar-refractivity contribution < 1.29 is 42.1 Å². The lowest BCUT2D eigenvalue weighted by Gasteiger charge is -2.24. The van der Waals surface area contributed by atoms with Gasteiger partial charge in [-0.2, -0.15) is 0 Å². The average Bonchev–Trinajstić information content (AvgIpc) is 3.60. The second-order valence-electron chi connectivity index (χ2n) is 28.1. The number of unbranched alkanes of at least 4 members (excludes halogenated alkanes) is 54. The molecule has 0 saturated carbocycles. The van der Waals surface area contributed by atoms with Crippen LogP contribution in [0.4, 0.5) is 0 Å². The van der Waals surface area contributed by atoms with Crippen LogP contribution in [0.1, 0.15) is 406 Å². The molecular weight excluding hydrogens is 1120 g/mol. The third-order valence-electron chi connectivity index (χ3n) is 17.9. The predicted molar refractivity (Wildman–Crippen MR) is 386 cm³/mol. The van der Waals surface area contributed by atoms with Crippen LogP contribution in [0.2, 0.25) is 0 Å². The summed E-state index contributed by atoms with van der Waals surface area (Å²) in [5, 5.41) is 0. The van der Waals surface area contributed by atoms with Gasteiger partial charge in [0.15, 0.2) is 6.10 Å². The number of nitrogens with zero attached hydrogens (tertiary/aromatic N) is 1. The topological polar surface area (TPSA) is 108 Å². The number of allylic oxidation sites excluding steroid dienone is 6. The number of rotatable bonds is 74. The van der Waals surface area contributed by atoms with Crippen molar-refractivity contribution in [2.45, 2.75) is 412 Å². The zero-order valence-corrected chi connectivity index (χ0v) is 61.1. The Kier molecular flexibility index (Phi) is 69.1. The van der Waals surface area contributed by atoms with Crippen LogP contribution in [0.5, 0.6) is 0 Å². The Balaban J connectivity index is 3.88. The summed E-state index contributed by atoms with van der Waals surface area (Å²) in [5.74, 6) is -0.770. The highest BCUT2D eigenvalue weighted by Gasteiger charge is 2.27. The number of phosphoric ester groups is 1. The van der Waals surface area contributed by atoms with Gasteiger partial charge >= 0.3 is 19.8 Å². The Morgan fingerprint density at radius 3 is 0.899 bits per heavy atom. The fourth-order valence-electron chi connectivity index (χ4n) is 11.9. The van der Waals surface area contributed by atoms with Gasteiger partial charge in [0.1, 0.15) is 19.8 Å². The maximum atomic E-state index is 12.9. The SMILES string of the molecule is CCCCCCC/C=C\C/C=C\C/C=C\CCCCCCCCCCCCCCCCCCCCCCCCCCCCC(=O)OC(COC(=O)CCCCCCCCCCCCCCCCCCCCCCCCCC)COP(=O)(O)OCC[N+](C)(C)C. The fraction of sp³-hybridized carbons (Fsp3) is 0.899.